The molecule has 2 heterocycles. The molecule has 0 radical (unpaired) electrons. The molecule has 170 valence electrons. The second-order valence-electron chi connectivity index (χ2n) is 8.24. The Bertz CT molecular complexity index is 741. The fourth-order valence-corrected chi connectivity index (χ4v) is 4.94. The van der Waals surface area contributed by atoms with Gasteiger partial charge in [0.25, 0.3) is 0 Å². The van der Waals surface area contributed by atoms with Crippen LogP contribution in [-0.4, -0.2) is 64.3 Å². The van der Waals surface area contributed by atoms with Crippen LogP contribution in [0, 0.1) is 5.92 Å². The molecule has 1 atom stereocenters. The number of furan rings is 1. The normalized spacial score (nSPS) is 20.0. The molecule has 2 fully saturated rings. The average Bonchev–Trinajstić information content (AvgIpc) is 3.22. The van der Waals surface area contributed by atoms with E-state index in [1.165, 1.54) is 25.7 Å². The summed E-state index contributed by atoms with van der Waals surface area (Å²) in [6, 6.07) is 4.03. The molecule has 1 aliphatic heterocycles. The molecule has 2 aliphatic rings. The molecular weight excluding hydrogens is 402 g/mol. The minimum absolute atomic E-state index is 0.0396. The molecule has 0 aromatic carbocycles. The molecule has 9 heteroatoms. The minimum Gasteiger partial charge on any atom is -0.468 e. The number of aliphatic imine (C=N–C) groups is 1. The van der Waals surface area contributed by atoms with Gasteiger partial charge in [-0.3, -0.25) is 9.89 Å². The molecule has 1 saturated carbocycles. The molecule has 0 bridgehead atoms. The summed E-state index contributed by atoms with van der Waals surface area (Å²) in [5.74, 6) is 2.12. The zero-order chi connectivity index (χ0) is 21.2. The third-order valence-corrected chi connectivity index (χ3v) is 7.30. The lowest BCUT2D eigenvalue weighted by Gasteiger charge is -2.32. The molecular formula is C21H37N5O3S. The van der Waals surface area contributed by atoms with Gasteiger partial charge in [0.1, 0.15) is 5.76 Å². The van der Waals surface area contributed by atoms with Crippen LogP contribution in [0.1, 0.15) is 57.3 Å². The zero-order valence-corrected chi connectivity index (χ0v) is 18.9. The number of likely N-dealkylation sites (tertiary alicyclic amines) is 1. The number of rotatable bonds is 11. The van der Waals surface area contributed by atoms with Gasteiger partial charge in [0.2, 0.25) is 10.0 Å². The van der Waals surface area contributed by atoms with E-state index in [2.05, 4.69) is 20.3 Å². The molecule has 0 spiro atoms. The lowest BCUT2D eigenvalue weighted by atomic mass is 9.86. The van der Waals surface area contributed by atoms with Crippen molar-refractivity contribution in [1.82, 2.24) is 20.3 Å². The highest BCUT2D eigenvalue weighted by Crippen LogP contribution is 2.26. The lowest BCUT2D eigenvalue weighted by Crippen LogP contribution is -2.42. The number of nitrogens with zero attached hydrogens (tertiary/aromatic N) is 2. The fraction of sp³-hybridized carbons (Fsp3) is 0.762. The largest absolute Gasteiger partial charge is 0.468 e. The standard InChI is InChI=1S/C21H37N5O3S/c1-2-22-21(23-11-15-30(27,28)25-16-18-8-6-9-18)24-17-19(20-10-7-14-29-20)26-12-4-3-5-13-26/h7,10,14,18-19,25H,2-6,8-9,11-13,15-17H2,1H3,(H2,22,23,24). The Morgan fingerprint density at radius 2 is 2.03 bits per heavy atom. The highest BCUT2D eigenvalue weighted by molar-refractivity contribution is 7.89. The van der Waals surface area contributed by atoms with Gasteiger partial charge in [0.15, 0.2) is 5.96 Å². The first-order valence-electron chi connectivity index (χ1n) is 11.3. The second kappa shape index (κ2) is 11.7. The second-order valence-corrected chi connectivity index (χ2v) is 10.2. The highest BCUT2D eigenvalue weighted by Gasteiger charge is 2.24. The van der Waals surface area contributed by atoms with Crippen LogP contribution in [0.4, 0.5) is 0 Å². The van der Waals surface area contributed by atoms with Crippen molar-refractivity contribution in [3.8, 4) is 0 Å². The summed E-state index contributed by atoms with van der Waals surface area (Å²) in [6.45, 7) is 6.27. The van der Waals surface area contributed by atoms with E-state index in [1.54, 1.807) is 6.26 Å². The van der Waals surface area contributed by atoms with Crippen LogP contribution in [0.3, 0.4) is 0 Å². The number of guanidine groups is 1. The van der Waals surface area contributed by atoms with Gasteiger partial charge in [-0.1, -0.05) is 12.8 Å². The van der Waals surface area contributed by atoms with Crippen molar-refractivity contribution >= 4 is 16.0 Å². The van der Waals surface area contributed by atoms with E-state index in [0.717, 1.165) is 31.7 Å². The van der Waals surface area contributed by atoms with Gasteiger partial charge in [0, 0.05) is 19.6 Å². The summed E-state index contributed by atoms with van der Waals surface area (Å²) in [6.07, 6.45) is 8.86. The zero-order valence-electron chi connectivity index (χ0n) is 18.1. The van der Waals surface area contributed by atoms with Crippen molar-refractivity contribution in [2.45, 2.75) is 51.5 Å². The molecule has 3 N–H and O–H groups in total. The van der Waals surface area contributed by atoms with Crippen LogP contribution in [0.25, 0.3) is 0 Å². The van der Waals surface area contributed by atoms with Crippen molar-refractivity contribution < 1.29 is 12.8 Å². The number of sulfonamides is 1. The van der Waals surface area contributed by atoms with E-state index >= 15 is 0 Å². The van der Waals surface area contributed by atoms with Crippen molar-refractivity contribution in [2.24, 2.45) is 10.9 Å². The van der Waals surface area contributed by atoms with E-state index in [0.29, 0.717) is 38.1 Å². The van der Waals surface area contributed by atoms with E-state index in [9.17, 15) is 8.42 Å². The van der Waals surface area contributed by atoms with E-state index < -0.39 is 10.0 Å². The van der Waals surface area contributed by atoms with Crippen LogP contribution in [0.5, 0.6) is 0 Å². The van der Waals surface area contributed by atoms with Crippen LogP contribution in [-0.2, 0) is 10.0 Å². The van der Waals surface area contributed by atoms with Crippen LogP contribution < -0.4 is 15.4 Å². The first kappa shape index (κ1) is 23.1. The number of hydrogen-bond donors (Lipinski definition) is 3. The smallest absolute Gasteiger partial charge is 0.213 e. The van der Waals surface area contributed by atoms with Gasteiger partial charge in [-0.25, -0.2) is 13.1 Å². The maximum atomic E-state index is 12.2. The third kappa shape index (κ3) is 7.28. The number of hydrogen-bond acceptors (Lipinski definition) is 5. The molecule has 1 unspecified atom stereocenters. The van der Waals surface area contributed by atoms with Gasteiger partial charge in [-0.2, -0.15) is 0 Å². The third-order valence-electron chi connectivity index (χ3n) is 5.95. The van der Waals surface area contributed by atoms with Gasteiger partial charge in [-0.15, -0.1) is 0 Å². The predicted molar refractivity (Wildman–Crippen MR) is 120 cm³/mol. The maximum absolute atomic E-state index is 12.2. The summed E-state index contributed by atoms with van der Waals surface area (Å²) in [5.41, 5.74) is 0. The van der Waals surface area contributed by atoms with Crippen molar-refractivity contribution in [2.75, 3.05) is 45.0 Å². The Labute approximate surface area is 180 Å². The first-order valence-corrected chi connectivity index (χ1v) is 13.0. The van der Waals surface area contributed by atoms with E-state index in [-0.39, 0.29) is 11.8 Å². The monoisotopic (exact) mass is 439 g/mol. The van der Waals surface area contributed by atoms with Crippen molar-refractivity contribution in [3.05, 3.63) is 24.2 Å². The lowest BCUT2D eigenvalue weighted by molar-refractivity contribution is 0.150. The first-order chi connectivity index (χ1) is 14.6. The Morgan fingerprint density at radius 3 is 2.67 bits per heavy atom. The van der Waals surface area contributed by atoms with Crippen molar-refractivity contribution in [3.63, 3.8) is 0 Å². The molecule has 1 aromatic rings. The molecule has 30 heavy (non-hydrogen) atoms. The molecule has 8 nitrogen and oxygen atoms in total. The molecule has 1 aliphatic carbocycles. The number of nitrogens with one attached hydrogen (secondary N) is 3. The highest BCUT2D eigenvalue weighted by atomic mass is 32.2. The SMILES string of the molecule is CCNC(=NCC(c1ccco1)N1CCCCC1)NCCS(=O)(=O)NCC1CCC1. The Hall–Kier alpha value is -1.58. The molecule has 1 aromatic heterocycles. The topological polar surface area (TPSA) is 99.0 Å². The Balaban J connectivity index is 1.52. The minimum atomic E-state index is -3.27. The maximum Gasteiger partial charge on any atom is 0.213 e. The molecule has 1 saturated heterocycles. The van der Waals surface area contributed by atoms with Gasteiger partial charge < -0.3 is 15.1 Å². The predicted octanol–water partition coefficient (Wildman–Crippen LogP) is 2.08. The summed E-state index contributed by atoms with van der Waals surface area (Å²) in [4.78, 5) is 7.17. The van der Waals surface area contributed by atoms with Crippen LogP contribution >= 0.6 is 0 Å². The molecule has 3 rings (SSSR count). The Morgan fingerprint density at radius 1 is 1.23 bits per heavy atom. The van der Waals surface area contributed by atoms with Crippen LogP contribution in [0.2, 0.25) is 0 Å². The summed E-state index contributed by atoms with van der Waals surface area (Å²) < 4.78 is 32.8. The average molecular weight is 440 g/mol. The summed E-state index contributed by atoms with van der Waals surface area (Å²) >= 11 is 0. The van der Waals surface area contributed by atoms with Crippen LogP contribution in [0.15, 0.2) is 27.8 Å². The van der Waals surface area contributed by atoms with Gasteiger partial charge in [0.05, 0.1) is 24.6 Å². The fourth-order valence-electron chi connectivity index (χ4n) is 3.93. The van der Waals surface area contributed by atoms with E-state index in [1.807, 2.05) is 19.1 Å². The van der Waals surface area contributed by atoms with Crippen molar-refractivity contribution in [1.29, 1.82) is 0 Å². The number of piperidine rings is 1. The van der Waals surface area contributed by atoms with E-state index in [4.69, 9.17) is 9.41 Å². The summed E-state index contributed by atoms with van der Waals surface area (Å²) in [7, 11) is -3.27. The summed E-state index contributed by atoms with van der Waals surface area (Å²) in [5, 5.41) is 6.38. The van der Waals surface area contributed by atoms with Gasteiger partial charge >= 0.3 is 0 Å². The molecule has 0 amide bonds. The quantitative estimate of drug-likeness (QED) is 0.361. The van der Waals surface area contributed by atoms with Gasteiger partial charge in [-0.05, 0) is 63.7 Å². The Kier molecular flexibility index (Phi) is 9.02.